The van der Waals surface area contributed by atoms with Gasteiger partial charge in [-0.05, 0) is 12.0 Å². The third-order valence-corrected chi connectivity index (χ3v) is 2.60. The van der Waals surface area contributed by atoms with Gasteiger partial charge in [-0.15, -0.1) is 0 Å². The summed E-state index contributed by atoms with van der Waals surface area (Å²) in [6.45, 7) is 1.88. The molecule has 94 valence electrons. The van der Waals surface area contributed by atoms with Gasteiger partial charge in [0.15, 0.2) is 0 Å². The summed E-state index contributed by atoms with van der Waals surface area (Å²) >= 11 is 0. The van der Waals surface area contributed by atoms with E-state index in [9.17, 15) is 13.6 Å². The Morgan fingerprint density at radius 3 is 2.35 bits per heavy atom. The van der Waals surface area contributed by atoms with Crippen molar-refractivity contribution in [2.24, 2.45) is 5.73 Å². The zero-order valence-electron chi connectivity index (χ0n) is 9.88. The molecular weight excluding hydrogens is 224 g/mol. The molecule has 0 heterocycles. The van der Waals surface area contributed by atoms with E-state index in [0.29, 0.717) is 12.0 Å². The van der Waals surface area contributed by atoms with Crippen LogP contribution in [-0.4, -0.2) is 5.91 Å². The third-order valence-electron chi connectivity index (χ3n) is 2.60. The maximum atomic E-state index is 13.6. The molecule has 0 radical (unpaired) electrons. The normalized spacial score (nSPS) is 11.5. The van der Waals surface area contributed by atoms with Crippen LogP contribution < -0.4 is 5.73 Å². The van der Waals surface area contributed by atoms with E-state index in [1.165, 1.54) is 24.3 Å². The Morgan fingerprint density at radius 2 is 1.88 bits per heavy atom. The fourth-order valence-electron chi connectivity index (χ4n) is 1.61. The Labute approximate surface area is 99.8 Å². The minimum absolute atomic E-state index is 0.000768. The number of rotatable bonds is 6. The summed E-state index contributed by atoms with van der Waals surface area (Å²) in [6.07, 6.45) is 1.19. The lowest BCUT2D eigenvalue weighted by molar-refractivity contribution is -0.117. The highest BCUT2D eigenvalue weighted by Crippen LogP contribution is 2.33. The molecule has 0 saturated heterocycles. The molecule has 0 aliphatic rings. The summed E-state index contributed by atoms with van der Waals surface area (Å²) in [5.74, 6) is -3.25. The molecule has 0 aliphatic heterocycles. The van der Waals surface area contributed by atoms with Crippen molar-refractivity contribution >= 4 is 5.91 Å². The quantitative estimate of drug-likeness (QED) is 0.817. The second kappa shape index (κ2) is 5.75. The van der Waals surface area contributed by atoms with Crippen molar-refractivity contribution < 1.29 is 13.6 Å². The molecule has 1 amide bonds. The SMILES string of the molecule is CCCCC(F)(F)c1ccc(CC(N)=O)cc1. The summed E-state index contributed by atoms with van der Waals surface area (Å²) in [5, 5.41) is 0. The maximum absolute atomic E-state index is 13.6. The number of halogens is 2. The molecule has 0 atom stereocenters. The summed E-state index contributed by atoms with van der Waals surface area (Å²) < 4.78 is 27.3. The molecule has 1 aromatic rings. The van der Waals surface area contributed by atoms with Crippen LogP contribution in [0.1, 0.15) is 37.3 Å². The topological polar surface area (TPSA) is 43.1 Å². The first kappa shape index (κ1) is 13.6. The predicted molar refractivity (Wildman–Crippen MR) is 62.8 cm³/mol. The highest BCUT2D eigenvalue weighted by molar-refractivity contribution is 5.76. The van der Waals surface area contributed by atoms with Gasteiger partial charge in [0, 0.05) is 12.0 Å². The van der Waals surface area contributed by atoms with Crippen molar-refractivity contribution in [2.75, 3.05) is 0 Å². The number of hydrogen-bond donors (Lipinski definition) is 1. The molecule has 0 fully saturated rings. The van der Waals surface area contributed by atoms with Crippen LogP contribution in [0.25, 0.3) is 0 Å². The van der Waals surface area contributed by atoms with E-state index in [-0.39, 0.29) is 18.4 Å². The number of benzene rings is 1. The summed E-state index contributed by atoms with van der Waals surface area (Å²) in [5.41, 5.74) is 5.69. The monoisotopic (exact) mass is 241 g/mol. The van der Waals surface area contributed by atoms with Gasteiger partial charge in [-0.3, -0.25) is 4.79 Å². The van der Waals surface area contributed by atoms with Crippen LogP contribution in [0.2, 0.25) is 0 Å². The first-order valence-electron chi connectivity index (χ1n) is 5.71. The first-order valence-corrected chi connectivity index (χ1v) is 5.71. The molecule has 2 nitrogen and oxygen atoms in total. The van der Waals surface area contributed by atoms with Crippen molar-refractivity contribution in [1.82, 2.24) is 0 Å². The summed E-state index contributed by atoms with van der Waals surface area (Å²) in [7, 11) is 0. The molecular formula is C13H17F2NO. The number of hydrogen-bond acceptors (Lipinski definition) is 1. The number of alkyl halides is 2. The van der Waals surface area contributed by atoms with E-state index in [0.717, 1.165) is 6.42 Å². The molecule has 1 rings (SSSR count). The number of nitrogens with two attached hydrogens (primary N) is 1. The summed E-state index contributed by atoms with van der Waals surface area (Å²) in [4.78, 5) is 10.7. The van der Waals surface area contributed by atoms with Gasteiger partial charge in [0.25, 0.3) is 5.92 Å². The number of carbonyl (C=O) groups is 1. The van der Waals surface area contributed by atoms with Gasteiger partial charge in [0.2, 0.25) is 5.91 Å². The fourth-order valence-corrected chi connectivity index (χ4v) is 1.61. The second-order valence-electron chi connectivity index (χ2n) is 4.15. The number of carbonyl (C=O) groups excluding carboxylic acids is 1. The van der Waals surface area contributed by atoms with Crippen molar-refractivity contribution in [2.45, 2.75) is 38.5 Å². The third kappa shape index (κ3) is 4.13. The van der Waals surface area contributed by atoms with Crippen LogP contribution in [0.5, 0.6) is 0 Å². The average molecular weight is 241 g/mol. The van der Waals surface area contributed by atoms with Crippen molar-refractivity contribution in [3.05, 3.63) is 35.4 Å². The number of unbranched alkanes of at least 4 members (excludes halogenated alkanes) is 1. The Balaban J connectivity index is 2.75. The molecule has 0 aromatic heterocycles. The highest BCUT2D eigenvalue weighted by Gasteiger charge is 2.30. The van der Waals surface area contributed by atoms with E-state index >= 15 is 0 Å². The molecule has 2 N–H and O–H groups in total. The average Bonchev–Trinajstić information content (AvgIpc) is 2.26. The van der Waals surface area contributed by atoms with Crippen LogP contribution in [0.4, 0.5) is 8.78 Å². The fraction of sp³-hybridized carbons (Fsp3) is 0.462. The van der Waals surface area contributed by atoms with Gasteiger partial charge in [-0.25, -0.2) is 8.78 Å². The van der Waals surface area contributed by atoms with Crippen LogP contribution in [0.3, 0.4) is 0 Å². The molecule has 0 unspecified atom stereocenters. The smallest absolute Gasteiger partial charge is 0.273 e. The number of primary amides is 1. The molecule has 17 heavy (non-hydrogen) atoms. The maximum Gasteiger partial charge on any atom is 0.273 e. The first-order chi connectivity index (χ1) is 7.95. The molecule has 4 heteroatoms. The molecule has 0 spiro atoms. The van der Waals surface area contributed by atoms with Gasteiger partial charge in [-0.1, -0.05) is 37.6 Å². The lowest BCUT2D eigenvalue weighted by Gasteiger charge is -2.16. The Kier molecular flexibility index (Phi) is 4.61. The lowest BCUT2D eigenvalue weighted by atomic mass is 10.0. The van der Waals surface area contributed by atoms with Gasteiger partial charge >= 0.3 is 0 Å². The van der Waals surface area contributed by atoms with Gasteiger partial charge in [0.1, 0.15) is 0 Å². The zero-order valence-corrected chi connectivity index (χ0v) is 9.88. The van der Waals surface area contributed by atoms with E-state index in [4.69, 9.17) is 5.73 Å². The van der Waals surface area contributed by atoms with Crippen LogP contribution in [0, 0.1) is 0 Å². The lowest BCUT2D eigenvalue weighted by Crippen LogP contribution is -2.15. The van der Waals surface area contributed by atoms with E-state index < -0.39 is 11.8 Å². The Bertz CT molecular complexity index is 374. The minimum Gasteiger partial charge on any atom is -0.369 e. The van der Waals surface area contributed by atoms with Crippen LogP contribution >= 0.6 is 0 Å². The highest BCUT2D eigenvalue weighted by atomic mass is 19.3. The summed E-state index contributed by atoms with van der Waals surface area (Å²) in [6, 6.07) is 5.79. The van der Waals surface area contributed by atoms with E-state index in [2.05, 4.69) is 0 Å². The predicted octanol–water partition coefficient (Wildman–Crippen LogP) is 3.00. The standard InChI is InChI=1S/C13H17F2NO/c1-2-3-8-13(14,15)11-6-4-10(5-7-11)9-12(16)17/h4-7H,2-3,8-9H2,1H3,(H2,16,17). The Morgan fingerprint density at radius 1 is 1.29 bits per heavy atom. The van der Waals surface area contributed by atoms with Crippen molar-refractivity contribution in [3.8, 4) is 0 Å². The van der Waals surface area contributed by atoms with Crippen molar-refractivity contribution in [1.29, 1.82) is 0 Å². The van der Waals surface area contributed by atoms with Gasteiger partial charge < -0.3 is 5.73 Å². The zero-order chi connectivity index (χ0) is 12.9. The molecule has 1 aromatic carbocycles. The van der Waals surface area contributed by atoms with Gasteiger partial charge in [0.05, 0.1) is 6.42 Å². The van der Waals surface area contributed by atoms with E-state index in [1.807, 2.05) is 6.92 Å². The Hall–Kier alpha value is -1.45. The van der Waals surface area contributed by atoms with Gasteiger partial charge in [-0.2, -0.15) is 0 Å². The molecule has 0 bridgehead atoms. The number of amides is 1. The molecule has 0 aliphatic carbocycles. The van der Waals surface area contributed by atoms with E-state index in [1.54, 1.807) is 0 Å². The van der Waals surface area contributed by atoms with Crippen molar-refractivity contribution in [3.63, 3.8) is 0 Å². The largest absolute Gasteiger partial charge is 0.369 e. The van der Waals surface area contributed by atoms with Crippen LogP contribution in [-0.2, 0) is 17.1 Å². The van der Waals surface area contributed by atoms with Crippen LogP contribution in [0.15, 0.2) is 24.3 Å². The minimum atomic E-state index is -2.79. The molecule has 0 saturated carbocycles. The second-order valence-corrected chi connectivity index (χ2v) is 4.15.